The van der Waals surface area contributed by atoms with Gasteiger partial charge < -0.3 is 5.11 Å². The number of aromatic nitrogens is 5. The van der Waals surface area contributed by atoms with Crippen LogP contribution in [0.4, 0.5) is 5.95 Å². The van der Waals surface area contributed by atoms with Crippen molar-refractivity contribution < 1.29 is 5.11 Å². The van der Waals surface area contributed by atoms with Crippen LogP contribution in [0.15, 0.2) is 58.7 Å². The van der Waals surface area contributed by atoms with Gasteiger partial charge in [0.2, 0.25) is 11.8 Å². The van der Waals surface area contributed by atoms with Gasteiger partial charge in [-0.1, -0.05) is 29.8 Å². The largest absolute Gasteiger partial charge is 0.494 e. The SMILES string of the molecule is O=c1c2ccccc2c(/C=N/c2ncn[nH]2)c(O)n1-c1ccc(Cl)cn1. The highest BCUT2D eigenvalue weighted by Gasteiger charge is 2.17. The quantitative estimate of drug-likeness (QED) is 0.542. The number of aromatic hydroxyl groups is 1. The lowest BCUT2D eigenvalue weighted by Crippen LogP contribution is -2.21. The molecule has 0 aliphatic heterocycles. The Bertz CT molecular complexity index is 1170. The third-order valence-corrected chi connectivity index (χ3v) is 3.99. The maximum Gasteiger partial charge on any atom is 0.267 e. The van der Waals surface area contributed by atoms with Gasteiger partial charge >= 0.3 is 0 Å². The summed E-state index contributed by atoms with van der Waals surface area (Å²) in [7, 11) is 0. The Morgan fingerprint density at radius 2 is 1.96 bits per heavy atom. The van der Waals surface area contributed by atoms with Crippen molar-refractivity contribution in [2.75, 3.05) is 0 Å². The van der Waals surface area contributed by atoms with Crippen LogP contribution in [0.3, 0.4) is 0 Å². The Balaban J connectivity index is 2.01. The summed E-state index contributed by atoms with van der Waals surface area (Å²) >= 11 is 5.86. The molecule has 0 spiro atoms. The summed E-state index contributed by atoms with van der Waals surface area (Å²) in [6.07, 6.45) is 4.15. The van der Waals surface area contributed by atoms with E-state index in [4.69, 9.17) is 11.6 Å². The number of rotatable bonds is 3. The molecule has 1 aromatic carbocycles. The van der Waals surface area contributed by atoms with Crippen LogP contribution in [-0.2, 0) is 0 Å². The van der Waals surface area contributed by atoms with Crippen LogP contribution < -0.4 is 5.56 Å². The summed E-state index contributed by atoms with van der Waals surface area (Å²) in [5, 5.41) is 18.5. The third kappa shape index (κ3) is 2.72. The van der Waals surface area contributed by atoms with E-state index < -0.39 is 5.56 Å². The van der Waals surface area contributed by atoms with Gasteiger partial charge in [0, 0.05) is 23.2 Å². The number of aliphatic imine (C=N–C) groups is 1. The first kappa shape index (κ1) is 16.0. The molecule has 4 aromatic rings. The molecule has 0 saturated carbocycles. The molecule has 0 saturated heterocycles. The summed E-state index contributed by atoms with van der Waals surface area (Å²) in [4.78, 5) is 25.1. The fourth-order valence-corrected chi connectivity index (χ4v) is 2.70. The summed E-state index contributed by atoms with van der Waals surface area (Å²) < 4.78 is 1.11. The van der Waals surface area contributed by atoms with Crippen molar-refractivity contribution in [1.82, 2.24) is 24.7 Å². The predicted octanol–water partition coefficient (Wildman–Crippen LogP) is 2.61. The van der Waals surface area contributed by atoms with Crippen LogP contribution in [0.5, 0.6) is 5.88 Å². The zero-order chi connectivity index (χ0) is 18.1. The van der Waals surface area contributed by atoms with Crippen LogP contribution in [0, 0.1) is 0 Å². The Kier molecular flexibility index (Phi) is 3.94. The van der Waals surface area contributed by atoms with E-state index in [1.165, 1.54) is 18.7 Å². The number of nitrogens with zero attached hydrogens (tertiary/aromatic N) is 5. The number of hydrogen-bond donors (Lipinski definition) is 2. The van der Waals surface area contributed by atoms with E-state index in [0.29, 0.717) is 21.4 Å². The molecule has 26 heavy (non-hydrogen) atoms. The van der Waals surface area contributed by atoms with Gasteiger partial charge in [-0.3, -0.25) is 4.79 Å². The monoisotopic (exact) mass is 366 g/mol. The Labute approximate surface area is 151 Å². The summed E-state index contributed by atoms with van der Waals surface area (Å²) in [6.45, 7) is 0. The molecule has 0 atom stereocenters. The van der Waals surface area contributed by atoms with Crippen molar-refractivity contribution in [3.8, 4) is 11.7 Å². The highest BCUT2D eigenvalue weighted by atomic mass is 35.5. The number of pyridine rings is 2. The van der Waals surface area contributed by atoms with Crippen molar-refractivity contribution in [2.45, 2.75) is 0 Å². The highest BCUT2D eigenvalue weighted by molar-refractivity contribution is 6.30. The first-order valence-electron chi connectivity index (χ1n) is 7.53. The van der Waals surface area contributed by atoms with Crippen LogP contribution in [0.2, 0.25) is 5.02 Å². The fraction of sp³-hybridized carbons (Fsp3) is 0. The van der Waals surface area contributed by atoms with Crippen molar-refractivity contribution in [3.05, 3.63) is 69.9 Å². The predicted molar refractivity (Wildman–Crippen MR) is 97.7 cm³/mol. The van der Waals surface area contributed by atoms with Crippen molar-refractivity contribution in [3.63, 3.8) is 0 Å². The number of H-pyrrole nitrogens is 1. The smallest absolute Gasteiger partial charge is 0.267 e. The van der Waals surface area contributed by atoms with Gasteiger partial charge in [0.1, 0.15) is 12.1 Å². The van der Waals surface area contributed by atoms with Crippen LogP contribution in [-0.4, -0.2) is 36.1 Å². The first-order chi connectivity index (χ1) is 12.6. The second-order valence-electron chi connectivity index (χ2n) is 5.33. The number of nitrogens with one attached hydrogen (secondary N) is 1. The van der Waals surface area contributed by atoms with Crippen molar-refractivity contribution >= 4 is 34.5 Å². The molecule has 128 valence electrons. The normalized spacial score (nSPS) is 11.4. The maximum absolute atomic E-state index is 12.9. The lowest BCUT2D eigenvalue weighted by atomic mass is 10.1. The number of fused-ring (bicyclic) bond motifs is 1. The minimum Gasteiger partial charge on any atom is -0.494 e. The molecule has 3 heterocycles. The first-order valence-corrected chi connectivity index (χ1v) is 7.91. The molecule has 0 aliphatic rings. The topological polar surface area (TPSA) is 109 Å². The molecule has 0 aliphatic carbocycles. The average Bonchev–Trinajstić information content (AvgIpc) is 3.17. The van der Waals surface area contributed by atoms with E-state index in [1.54, 1.807) is 36.4 Å². The van der Waals surface area contributed by atoms with Crippen molar-refractivity contribution in [2.24, 2.45) is 4.99 Å². The van der Waals surface area contributed by atoms with E-state index in [1.807, 2.05) is 0 Å². The van der Waals surface area contributed by atoms with Gasteiger partial charge in [0.15, 0.2) is 0 Å². The molecule has 3 aromatic heterocycles. The van der Waals surface area contributed by atoms with E-state index in [9.17, 15) is 9.90 Å². The molecule has 0 radical (unpaired) electrons. The van der Waals surface area contributed by atoms with Gasteiger partial charge in [0.05, 0.1) is 10.6 Å². The van der Waals surface area contributed by atoms with Gasteiger partial charge in [-0.25, -0.2) is 19.6 Å². The molecular formula is C17H11ClN6O2. The zero-order valence-electron chi connectivity index (χ0n) is 13.2. The highest BCUT2D eigenvalue weighted by Crippen LogP contribution is 2.25. The molecule has 0 unspecified atom stereocenters. The Hall–Kier alpha value is -3.52. The van der Waals surface area contributed by atoms with Crippen LogP contribution in [0.1, 0.15) is 5.56 Å². The summed E-state index contributed by atoms with van der Waals surface area (Å²) in [5.74, 6) is 0.236. The molecule has 2 N–H and O–H groups in total. The lowest BCUT2D eigenvalue weighted by Gasteiger charge is -2.12. The van der Waals surface area contributed by atoms with Gasteiger partial charge in [-0.15, -0.1) is 0 Å². The molecular weight excluding hydrogens is 356 g/mol. The summed E-state index contributed by atoms with van der Waals surface area (Å²) in [6, 6.07) is 10.1. The number of benzene rings is 1. The van der Waals surface area contributed by atoms with Gasteiger partial charge in [-0.2, -0.15) is 10.1 Å². The fourth-order valence-electron chi connectivity index (χ4n) is 2.59. The molecule has 9 heteroatoms. The second kappa shape index (κ2) is 6.41. The Morgan fingerprint density at radius 1 is 1.15 bits per heavy atom. The molecule has 0 fully saturated rings. The molecule has 4 rings (SSSR count). The number of halogens is 1. The van der Waals surface area contributed by atoms with E-state index >= 15 is 0 Å². The van der Waals surface area contributed by atoms with Crippen molar-refractivity contribution in [1.29, 1.82) is 0 Å². The average molecular weight is 367 g/mol. The number of aromatic amines is 1. The standard InChI is InChI=1S/C17H11ClN6O2/c18-10-5-6-14(19-7-10)24-15(25)12-4-2-1-3-11(12)13(16(24)26)8-20-17-21-9-22-23-17/h1-9,26H,(H,21,22,23)/b20-8+. The molecule has 0 bridgehead atoms. The van der Waals surface area contributed by atoms with Gasteiger partial charge in [0.25, 0.3) is 5.56 Å². The maximum atomic E-state index is 12.9. The number of hydrogen-bond acceptors (Lipinski definition) is 6. The van der Waals surface area contributed by atoms with Crippen LogP contribution in [0.25, 0.3) is 16.6 Å². The van der Waals surface area contributed by atoms with E-state index in [2.05, 4.69) is 25.2 Å². The zero-order valence-corrected chi connectivity index (χ0v) is 13.9. The lowest BCUT2D eigenvalue weighted by molar-refractivity contribution is 0.435. The third-order valence-electron chi connectivity index (χ3n) is 3.76. The minimum absolute atomic E-state index is 0.247. The summed E-state index contributed by atoms with van der Waals surface area (Å²) in [5.41, 5.74) is -0.0434. The van der Waals surface area contributed by atoms with Gasteiger partial charge in [-0.05, 0) is 18.2 Å². The minimum atomic E-state index is -0.398. The Morgan fingerprint density at radius 3 is 2.65 bits per heavy atom. The molecule has 8 nitrogen and oxygen atoms in total. The molecule has 0 amide bonds. The second-order valence-corrected chi connectivity index (χ2v) is 5.76. The van der Waals surface area contributed by atoms with E-state index in [-0.39, 0.29) is 17.6 Å². The van der Waals surface area contributed by atoms with E-state index in [0.717, 1.165) is 4.57 Å². The van der Waals surface area contributed by atoms with Crippen LogP contribution >= 0.6 is 11.6 Å².